The third kappa shape index (κ3) is 4.86. The minimum absolute atomic E-state index is 0.116. The van der Waals surface area contributed by atoms with Crippen molar-refractivity contribution in [1.82, 2.24) is 10.2 Å². The minimum atomic E-state index is 0.116. The zero-order chi connectivity index (χ0) is 16.8. The minimum Gasteiger partial charge on any atom is -0.504 e. The molecule has 1 aromatic carbocycles. The lowest BCUT2D eigenvalue weighted by atomic mass is 9.84. The molecule has 0 saturated carbocycles. The molecule has 1 heterocycles. The summed E-state index contributed by atoms with van der Waals surface area (Å²) >= 11 is 0. The molecule has 128 valence electrons. The van der Waals surface area contributed by atoms with Gasteiger partial charge >= 0.3 is 0 Å². The number of carbonyl (C=O) groups is 1. The van der Waals surface area contributed by atoms with Crippen LogP contribution in [-0.2, 0) is 11.3 Å². The molecule has 23 heavy (non-hydrogen) atoms. The van der Waals surface area contributed by atoms with Crippen LogP contribution in [0.2, 0.25) is 0 Å². The van der Waals surface area contributed by atoms with E-state index in [1.807, 2.05) is 13.1 Å². The van der Waals surface area contributed by atoms with Crippen molar-refractivity contribution in [3.8, 4) is 11.5 Å². The van der Waals surface area contributed by atoms with Gasteiger partial charge in [0.25, 0.3) is 0 Å². The topological polar surface area (TPSA) is 61.8 Å². The van der Waals surface area contributed by atoms with E-state index in [0.717, 1.165) is 31.5 Å². The normalized spacial score (nSPS) is 16.8. The van der Waals surface area contributed by atoms with Gasteiger partial charge in [-0.15, -0.1) is 0 Å². The molecule has 1 saturated heterocycles. The average Bonchev–Trinajstić information content (AvgIpc) is 2.57. The highest BCUT2D eigenvalue weighted by Crippen LogP contribution is 2.27. The predicted octanol–water partition coefficient (Wildman–Crippen LogP) is 2.39. The van der Waals surface area contributed by atoms with Crippen molar-refractivity contribution in [3.05, 3.63) is 23.8 Å². The first-order chi connectivity index (χ1) is 11.0. The van der Waals surface area contributed by atoms with Gasteiger partial charge in [-0.25, -0.2) is 0 Å². The molecule has 0 aliphatic carbocycles. The second-order valence-electron chi connectivity index (χ2n) is 6.52. The van der Waals surface area contributed by atoms with Crippen LogP contribution in [0.25, 0.3) is 0 Å². The Morgan fingerprint density at radius 3 is 2.78 bits per heavy atom. The fourth-order valence-electron chi connectivity index (χ4n) is 3.19. The number of piperidine rings is 1. The van der Waals surface area contributed by atoms with E-state index in [9.17, 15) is 9.90 Å². The molecular formula is C18H28N2O3. The molecule has 0 bridgehead atoms. The molecule has 1 unspecified atom stereocenters. The molecule has 2 rings (SSSR count). The Labute approximate surface area is 138 Å². The Morgan fingerprint density at radius 1 is 1.43 bits per heavy atom. The van der Waals surface area contributed by atoms with Crippen LogP contribution in [0.1, 0.15) is 31.7 Å². The standard InChI is InChI=1S/C18H28N2O3/c1-13(15-6-8-19-9-7-15)10-18(22)20(2)12-14-4-5-16(21)17(11-14)23-3/h4-5,11,13,15,19,21H,6-10,12H2,1-3H3. The van der Waals surface area contributed by atoms with Gasteiger partial charge in [-0.05, 0) is 55.5 Å². The second-order valence-corrected chi connectivity index (χ2v) is 6.52. The molecule has 0 radical (unpaired) electrons. The Bertz CT molecular complexity index is 527. The Balaban J connectivity index is 1.89. The van der Waals surface area contributed by atoms with Gasteiger partial charge in [-0.1, -0.05) is 13.0 Å². The quantitative estimate of drug-likeness (QED) is 0.845. The van der Waals surface area contributed by atoms with Crippen LogP contribution in [0, 0.1) is 11.8 Å². The second kappa shape index (κ2) is 8.20. The van der Waals surface area contributed by atoms with Gasteiger partial charge in [0.1, 0.15) is 0 Å². The van der Waals surface area contributed by atoms with Gasteiger partial charge in [0, 0.05) is 20.0 Å². The molecule has 1 aromatic rings. The summed E-state index contributed by atoms with van der Waals surface area (Å²) in [4.78, 5) is 14.2. The van der Waals surface area contributed by atoms with E-state index < -0.39 is 0 Å². The van der Waals surface area contributed by atoms with Gasteiger partial charge in [0.2, 0.25) is 5.91 Å². The van der Waals surface area contributed by atoms with Crippen LogP contribution in [0.5, 0.6) is 11.5 Å². The lowest BCUT2D eigenvalue weighted by molar-refractivity contribution is -0.131. The molecule has 1 fully saturated rings. The zero-order valence-corrected chi connectivity index (χ0v) is 14.3. The molecule has 5 nitrogen and oxygen atoms in total. The van der Waals surface area contributed by atoms with Crippen molar-refractivity contribution in [1.29, 1.82) is 0 Å². The maximum atomic E-state index is 12.5. The molecule has 1 atom stereocenters. The monoisotopic (exact) mass is 320 g/mol. The van der Waals surface area contributed by atoms with Gasteiger partial charge in [-0.3, -0.25) is 4.79 Å². The molecule has 1 aliphatic rings. The number of rotatable bonds is 6. The number of phenolic OH excluding ortho intramolecular Hbond substituents is 1. The van der Waals surface area contributed by atoms with Gasteiger partial charge in [0.05, 0.1) is 7.11 Å². The highest BCUT2D eigenvalue weighted by molar-refractivity contribution is 5.76. The number of ether oxygens (including phenoxy) is 1. The zero-order valence-electron chi connectivity index (χ0n) is 14.3. The fourth-order valence-corrected chi connectivity index (χ4v) is 3.19. The number of methoxy groups -OCH3 is 1. The Hall–Kier alpha value is -1.75. The summed E-state index contributed by atoms with van der Waals surface area (Å²) in [6.45, 7) is 4.83. The van der Waals surface area contributed by atoms with Crippen LogP contribution < -0.4 is 10.1 Å². The highest BCUT2D eigenvalue weighted by Gasteiger charge is 2.23. The van der Waals surface area contributed by atoms with Crippen LogP contribution in [0.4, 0.5) is 0 Å². The Morgan fingerprint density at radius 2 is 2.13 bits per heavy atom. The number of carbonyl (C=O) groups excluding carboxylic acids is 1. The first-order valence-corrected chi connectivity index (χ1v) is 8.31. The summed E-state index contributed by atoms with van der Waals surface area (Å²) in [5, 5.41) is 13.0. The van der Waals surface area contributed by atoms with E-state index in [-0.39, 0.29) is 11.7 Å². The van der Waals surface area contributed by atoms with Crippen molar-refractivity contribution in [3.63, 3.8) is 0 Å². The van der Waals surface area contributed by atoms with Crippen molar-refractivity contribution in [2.24, 2.45) is 11.8 Å². The molecule has 0 spiro atoms. The SMILES string of the molecule is COc1cc(CN(C)C(=O)CC(C)C2CCNCC2)ccc1O. The highest BCUT2D eigenvalue weighted by atomic mass is 16.5. The summed E-state index contributed by atoms with van der Waals surface area (Å²) in [6.07, 6.45) is 2.91. The van der Waals surface area contributed by atoms with Gasteiger partial charge in [-0.2, -0.15) is 0 Å². The number of phenols is 1. The summed E-state index contributed by atoms with van der Waals surface area (Å²) in [5.74, 6) is 1.78. The van der Waals surface area contributed by atoms with E-state index in [1.165, 1.54) is 7.11 Å². The van der Waals surface area contributed by atoms with Gasteiger partial charge < -0.3 is 20.1 Å². The smallest absolute Gasteiger partial charge is 0.222 e. The summed E-state index contributed by atoms with van der Waals surface area (Å²) in [6, 6.07) is 5.19. The number of benzene rings is 1. The molecule has 0 aromatic heterocycles. The first-order valence-electron chi connectivity index (χ1n) is 8.31. The summed E-state index contributed by atoms with van der Waals surface area (Å²) in [7, 11) is 3.35. The van der Waals surface area contributed by atoms with E-state index in [0.29, 0.717) is 30.6 Å². The number of nitrogens with zero attached hydrogens (tertiary/aromatic N) is 1. The Kier molecular flexibility index (Phi) is 6.28. The van der Waals surface area contributed by atoms with Crippen LogP contribution >= 0.6 is 0 Å². The third-order valence-corrected chi connectivity index (χ3v) is 4.77. The average molecular weight is 320 g/mol. The molecule has 1 amide bonds. The van der Waals surface area contributed by atoms with E-state index in [1.54, 1.807) is 17.0 Å². The number of aromatic hydroxyl groups is 1. The summed E-state index contributed by atoms with van der Waals surface area (Å²) < 4.78 is 5.11. The fraction of sp³-hybridized carbons (Fsp3) is 0.611. The van der Waals surface area contributed by atoms with Crippen LogP contribution in [0.3, 0.4) is 0 Å². The molecule has 1 aliphatic heterocycles. The lowest BCUT2D eigenvalue weighted by Gasteiger charge is -2.29. The lowest BCUT2D eigenvalue weighted by Crippen LogP contribution is -2.34. The maximum Gasteiger partial charge on any atom is 0.222 e. The maximum absolute atomic E-state index is 12.5. The summed E-state index contributed by atoms with van der Waals surface area (Å²) in [5.41, 5.74) is 0.949. The molecule has 2 N–H and O–H groups in total. The van der Waals surface area contributed by atoms with E-state index in [4.69, 9.17) is 4.74 Å². The van der Waals surface area contributed by atoms with Crippen molar-refractivity contribution in [2.75, 3.05) is 27.2 Å². The van der Waals surface area contributed by atoms with Gasteiger partial charge in [0.15, 0.2) is 11.5 Å². The largest absolute Gasteiger partial charge is 0.504 e. The molecular weight excluding hydrogens is 292 g/mol. The predicted molar refractivity (Wildman–Crippen MR) is 90.5 cm³/mol. The number of hydrogen-bond donors (Lipinski definition) is 2. The number of amides is 1. The van der Waals surface area contributed by atoms with Crippen molar-refractivity contribution < 1.29 is 14.6 Å². The van der Waals surface area contributed by atoms with Crippen molar-refractivity contribution in [2.45, 2.75) is 32.7 Å². The number of nitrogens with one attached hydrogen (secondary N) is 1. The van der Waals surface area contributed by atoms with E-state index in [2.05, 4.69) is 12.2 Å². The number of hydrogen-bond acceptors (Lipinski definition) is 4. The van der Waals surface area contributed by atoms with E-state index >= 15 is 0 Å². The van der Waals surface area contributed by atoms with Crippen LogP contribution in [0.15, 0.2) is 18.2 Å². The van der Waals surface area contributed by atoms with Crippen molar-refractivity contribution >= 4 is 5.91 Å². The third-order valence-electron chi connectivity index (χ3n) is 4.77. The first kappa shape index (κ1) is 17.6. The van der Waals surface area contributed by atoms with Crippen LogP contribution in [-0.4, -0.2) is 43.2 Å². The molecule has 5 heteroatoms.